The molecule has 1 nitrogen and oxygen atoms in total. The van der Waals surface area contributed by atoms with Crippen molar-refractivity contribution in [2.45, 2.75) is 0 Å². The van der Waals surface area contributed by atoms with Crippen molar-refractivity contribution in [1.29, 1.82) is 0 Å². The number of nitrogens with zero attached hydrogens (tertiary/aromatic N) is 1. The highest BCUT2D eigenvalue weighted by atomic mass is 14.6. The number of hydrogen-bond acceptors (Lipinski definition) is 1. The summed E-state index contributed by atoms with van der Waals surface area (Å²) in [4.78, 5) is 3.49. The fourth-order valence-corrected chi connectivity index (χ4v) is 0.253. The average molecular weight is 107 g/mol. The van der Waals surface area contributed by atoms with Crippen LogP contribution in [0.25, 0.3) is 0 Å². The Bertz CT molecular complexity index is 104. The SMILES string of the molecule is C=CC=CC=CN=C. The zero-order chi connectivity index (χ0) is 6.24. The van der Waals surface area contributed by atoms with Crippen molar-refractivity contribution < 1.29 is 0 Å². The summed E-state index contributed by atoms with van der Waals surface area (Å²) in [5.74, 6) is 0. The second kappa shape index (κ2) is 5.89. The molecule has 0 saturated heterocycles. The summed E-state index contributed by atoms with van der Waals surface area (Å²) < 4.78 is 0. The molecule has 0 amide bonds. The second-order valence-electron chi connectivity index (χ2n) is 1.14. The molecule has 0 aromatic rings. The normalized spacial score (nSPS) is 10.5. The molecule has 0 atom stereocenters. The molecule has 1 heteroatoms. The lowest BCUT2D eigenvalue weighted by atomic mass is 10.5. The maximum atomic E-state index is 3.49. The molecule has 0 spiro atoms. The molecule has 0 aromatic heterocycles. The molecule has 0 rings (SSSR count). The van der Waals surface area contributed by atoms with E-state index in [9.17, 15) is 0 Å². The molecule has 0 aliphatic heterocycles. The Hall–Kier alpha value is -1.11. The lowest BCUT2D eigenvalue weighted by molar-refractivity contribution is 1.61. The summed E-state index contributed by atoms with van der Waals surface area (Å²) in [5.41, 5.74) is 0. The first-order valence-corrected chi connectivity index (χ1v) is 2.32. The fraction of sp³-hybridized carbons (Fsp3) is 0. The summed E-state index contributed by atoms with van der Waals surface area (Å²) >= 11 is 0. The number of rotatable bonds is 3. The van der Waals surface area contributed by atoms with E-state index < -0.39 is 0 Å². The molecule has 0 aliphatic rings. The molecule has 0 bridgehead atoms. The molecular formula is C7H9N. The molecule has 8 heavy (non-hydrogen) atoms. The summed E-state index contributed by atoms with van der Waals surface area (Å²) in [6.45, 7) is 6.75. The van der Waals surface area contributed by atoms with Crippen molar-refractivity contribution in [2.75, 3.05) is 0 Å². The highest BCUT2D eigenvalue weighted by Crippen LogP contribution is 1.76. The van der Waals surface area contributed by atoms with Gasteiger partial charge in [0.1, 0.15) is 0 Å². The van der Waals surface area contributed by atoms with Gasteiger partial charge in [0.15, 0.2) is 0 Å². The van der Waals surface area contributed by atoms with Crippen LogP contribution in [0, 0.1) is 0 Å². The number of aliphatic imine (C=N–C) groups is 1. The highest BCUT2D eigenvalue weighted by Gasteiger charge is 1.55. The van der Waals surface area contributed by atoms with Crippen LogP contribution in [0.5, 0.6) is 0 Å². The standard InChI is InChI=1S/C7H9N/c1-3-4-5-6-7-8-2/h3-7H,1-2H2. The lowest BCUT2D eigenvalue weighted by Gasteiger charge is -1.67. The van der Waals surface area contributed by atoms with Crippen LogP contribution in [0.15, 0.2) is 42.1 Å². The van der Waals surface area contributed by atoms with Crippen molar-refractivity contribution in [3.05, 3.63) is 37.1 Å². The van der Waals surface area contributed by atoms with Crippen molar-refractivity contribution in [2.24, 2.45) is 4.99 Å². The zero-order valence-corrected chi connectivity index (χ0v) is 4.75. The maximum Gasteiger partial charge on any atom is 0.0260 e. The van der Waals surface area contributed by atoms with Gasteiger partial charge in [-0.3, -0.25) is 4.99 Å². The van der Waals surface area contributed by atoms with Gasteiger partial charge in [-0.2, -0.15) is 0 Å². The van der Waals surface area contributed by atoms with E-state index >= 15 is 0 Å². The Morgan fingerprint density at radius 1 is 1.12 bits per heavy atom. The molecule has 0 fully saturated rings. The van der Waals surface area contributed by atoms with Crippen LogP contribution in [0.3, 0.4) is 0 Å². The molecule has 0 unspecified atom stereocenters. The summed E-state index contributed by atoms with van der Waals surface area (Å²) in [6.07, 6.45) is 8.76. The van der Waals surface area contributed by atoms with E-state index in [1.807, 2.05) is 12.2 Å². The molecule has 0 aromatic carbocycles. The summed E-state index contributed by atoms with van der Waals surface area (Å²) in [5, 5.41) is 0. The van der Waals surface area contributed by atoms with Crippen LogP contribution >= 0.6 is 0 Å². The van der Waals surface area contributed by atoms with Gasteiger partial charge in [0.2, 0.25) is 0 Å². The van der Waals surface area contributed by atoms with Gasteiger partial charge >= 0.3 is 0 Å². The number of allylic oxidation sites excluding steroid dienone is 4. The van der Waals surface area contributed by atoms with E-state index in [1.165, 1.54) is 0 Å². The molecular weight excluding hydrogens is 98.1 g/mol. The van der Waals surface area contributed by atoms with Crippen LogP contribution < -0.4 is 0 Å². The molecule has 42 valence electrons. The van der Waals surface area contributed by atoms with Crippen LogP contribution in [0.2, 0.25) is 0 Å². The smallest absolute Gasteiger partial charge is 0.0260 e. The minimum Gasteiger partial charge on any atom is -0.273 e. The predicted molar refractivity (Wildman–Crippen MR) is 38.0 cm³/mol. The Morgan fingerprint density at radius 2 is 1.88 bits per heavy atom. The number of hydrogen-bond donors (Lipinski definition) is 0. The molecule has 0 N–H and O–H groups in total. The van der Waals surface area contributed by atoms with Crippen molar-refractivity contribution in [1.82, 2.24) is 0 Å². The minimum absolute atomic E-state index is 1.61. The quantitative estimate of drug-likeness (QED) is 0.386. The van der Waals surface area contributed by atoms with E-state index in [-0.39, 0.29) is 0 Å². The van der Waals surface area contributed by atoms with Gasteiger partial charge in [0.25, 0.3) is 0 Å². The van der Waals surface area contributed by atoms with Gasteiger partial charge in [-0.25, -0.2) is 0 Å². The summed E-state index contributed by atoms with van der Waals surface area (Å²) in [7, 11) is 0. The monoisotopic (exact) mass is 107 g/mol. The van der Waals surface area contributed by atoms with Crippen LogP contribution in [-0.4, -0.2) is 6.72 Å². The van der Waals surface area contributed by atoms with Crippen molar-refractivity contribution in [3.8, 4) is 0 Å². The first-order valence-electron chi connectivity index (χ1n) is 2.32. The van der Waals surface area contributed by atoms with Crippen molar-refractivity contribution >= 4 is 6.72 Å². The van der Waals surface area contributed by atoms with E-state index in [0.29, 0.717) is 0 Å². The van der Waals surface area contributed by atoms with Crippen LogP contribution in [-0.2, 0) is 0 Å². The summed E-state index contributed by atoms with van der Waals surface area (Å²) in [6, 6.07) is 0. The van der Waals surface area contributed by atoms with Gasteiger partial charge in [-0.15, -0.1) is 0 Å². The first-order chi connectivity index (χ1) is 3.91. The van der Waals surface area contributed by atoms with E-state index in [4.69, 9.17) is 0 Å². The lowest BCUT2D eigenvalue weighted by Crippen LogP contribution is -1.46. The largest absolute Gasteiger partial charge is 0.273 e. The molecule has 0 radical (unpaired) electrons. The van der Waals surface area contributed by atoms with Crippen LogP contribution in [0.4, 0.5) is 0 Å². The maximum absolute atomic E-state index is 3.49. The molecule has 0 aliphatic carbocycles. The second-order valence-corrected chi connectivity index (χ2v) is 1.14. The molecule has 0 heterocycles. The first kappa shape index (κ1) is 6.89. The van der Waals surface area contributed by atoms with Crippen LogP contribution in [0.1, 0.15) is 0 Å². The van der Waals surface area contributed by atoms with E-state index in [1.54, 1.807) is 18.4 Å². The van der Waals surface area contributed by atoms with Gasteiger partial charge < -0.3 is 0 Å². The third kappa shape index (κ3) is 4.89. The Labute approximate surface area is 49.8 Å². The topological polar surface area (TPSA) is 12.4 Å². The van der Waals surface area contributed by atoms with Crippen molar-refractivity contribution in [3.63, 3.8) is 0 Å². The molecule has 0 saturated carbocycles. The van der Waals surface area contributed by atoms with E-state index in [0.717, 1.165) is 0 Å². The zero-order valence-electron chi connectivity index (χ0n) is 4.75. The van der Waals surface area contributed by atoms with Gasteiger partial charge in [-0.05, 0) is 12.8 Å². The Balaban J connectivity index is 3.41. The average Bonchev–Trinajstić information content (AvgIpc) is 1.81. The third-order valence-corrected chi connectivity index (χ3v) is 0.550. The highest BCUT2D eigenvalue weighted by molar-refractivity contribution is 5.26. The Morgan fingerprint density at radius 3 is 2.38 bits per heavy atom. The Kier molecular flexibility index (Phi) is 5.07. The van der Waals surface area contributed by atoms with Gasteiger partial charge in [-0.1, -0.05) is 24.8 Å². The minimum atomic E-state index is 1.61. The van der Waals surface area contributed by atoms with E-state index in [2.05, 4.69) is 18.3 Å². The van der Waals surface area contributed by atoms with Gasteiger partial charge in [0.05, 0.1) is 0 Å². The fourth-order valence-electron chi connectivity index (χ4n) is 0.253. The predicted octanol–water partition coefficient (Wildman–Crippen LogP) is 1.94. The van der Waals surface area contributed by atoms with Gasteiger partial charge in [0, 0.05) is 6.20 Å². The third-order valence-electron chi connectivity index (χ3n) is 0.550.